The molecule has 2 amide bonds. The number of carboxylic acid groups (broad SMARTS) is 1. The Kier molecular flexibility index (Phi) is 10.2. The number of hydrogen-bond donors (Lipinski definition) is 5. The number of benzene rings is 1. The Labute approximate surface area is 170 Å². The van der Waals surface area contributed by atoms with Crippen molar-refractivity contribution in [1.82, 2.24) is 10.6 Å². The Morgan fingerprint density at radius 3 is 2.14 bits per heavy atom. The lowest BCUT2D eigenvalue weighted by atomic mass is 10.0. The summed E-state index contributed by atoms with van der Waals surface area (Å²) in [4.78, 5) is 36.0. The molecule has 1 atom stereocenters. The van der Waals surface area contributed by atoms with Gasteiger partial charge in [0.25, 0.3) is 0 Å². The molecule has 8 heteroatoms. The molecule has 158 valence electrons. The van der Waals surface area contributed by atoms with Crippen LogP contribution in [-0.4, -0.2) is 47.1 Å². The lowest BCUT2D eigenvalue weighted by Crippen LogP contribution is -2.43. The van der Waals surface area contributed by atoms with Gasteiger partial charge in [-0.05, 0) is 30.5 Å². The summed E-state index contributed by atoms with van der Waals surface area (Å²) < 4.78 is 0. The fourth-order valence-electron chi connectivity index (χ4n) is 2.64. The van der Waals surface area contributed by atoms with Crippen molar-refractivity contribution in [3.8, 4) is 5.75 Å². The Morgan fingerprint density at radius 2 is 1.62 bits per heavy atom. The van der Waals surface area contributed by atoms with Crippen molar-refractivity contribution in [2.24, 2.45) is 5.73 Å². The molecule has 0 aliphatic carbocycles. The molecule has 1 aromatic rings. The van der Waals surface area contributed by atoms with Crippen molar-refractivity contribution in [2.45, 2.75) is 39.2 Å². The van der Waals surface area contributed by atoms with Gasteiger partial charge in [0.2, 0.25) is 11.8 Å². The maximum atomic E-state index is 12.5. The first-order valence-corrected chi connectivity index (χ1v) is 9.50. The topological polar surface area (TPSA) is 142 Å². The highest BCUT2D eigenvalue weighted by atomic mass is 16.4. The zero-order chi connectivity index (χ0) is 21.8. The number of nitrogens with one attached hydrogen (secondary N) is 2. The molecule has 0 aromatic heterocycles. The highest BCUT2D eigenvalue weighted by Gasteiger charge is 2.21. The summed E-state index contributed by atoms with van der Waals surface area (Å²) in [6.45, 7) is 4.04. The summed E-state index contributed by atoms with van der Waals surface area (Å²) in [5.74, 6) is -1.83. The van der Waals surface area contributed by atoms with E-state index in [4.69, 9.17) is 5.73 Å². The number of carbonyl (C=O) groups is 3. The van der Waals surface area contributed by atoms with Crippen molar-refractivity contribution >= 4 is 17.8 Å². The van der Waals surface area contributed by atoms with Gasteiger partial charge in [-0.1, -0.05) is 38.1 Å². The van der Waals surface area contributed by atoms with E-state index in [2.05, 4.69) is 10.6 Å². The molecule has 1 aromatic carbocycles. The van der Waals surface area contributed by atoms with Crippen LogP contribution in [0.25, 0.3) is 0 Å². The minimum Gasteiger partial charge on any atom is -0.508 e. The first-order chi connectivity index (χ1) is 13.8. The third kappa shape index (κ3) is 8.18. The van der Waals surface area contributed by atoms with E-state index in [0.29, 0.717) is 29.6 Å². The predicted molar refractivity (Wildman–Crippen MR) is 110 cm³/mol. The molecule has 0 saturated carbocycles. The molecule has 6 N–H and O–H groups in total. The molecular weight excluding hydrogens is 374 g/mol. The summed E-state index contributed by atoms with van der Waals surface area (Å²) in [5.41, 5.74) is 7.05. The van der Waals surface area contributed by atoms with Crippen molar-refractivity contribution in [3.05, 3.63) is 53.1 Å². The Bertz CT molecular complexity index is 769. The number of phenolic OH excluding ortho intramolecular Hbond substituents is 1. The smallest absolute Gasteiger partial charge is 0.326 e. The SMILES string of the molecule is CC/C(=C/CN)C(=O)NC/C=C(/CC)C(=O)NC(Cc1ccc(O)cc1)C(=O)O. The number of hydrogen-bond acceptors (Lipinski definition) is 5. The fraction of sp³-hybridized carbons (Fsp3) is 0.381. The lowest BCUT2D eigenvalue weighted by molar-refractivity contribution is -0.141. The van der Waals surface area contributed by atoms with Crippen LogP contribution in [0.1, 0.15) is 32.3 Å². The molecule has 0 aliphatic rings. The molecule has 0 bridgehead atoms. The van der Waals surface area contributed by atoms with Crippen LogP contribution in [-0.2, 0) is 20.8 Å². The van der Waals surface area contributed by atoms with Gasteiger partial charge >= 0.3 is 5.97 Å². The standard InChI is InChI=1S/C21H29N3O5/c1-3-15(9-11-22)19(26)23-12-10-16(4-2)20(27)24-18(21(28)29)13-14-5-7-17(25)8-6-14/h5-10,18,25H,3-4,11-13,22H2,1-2H3,(H,23,26)(H,24,27)(H,28,29)/b15-9-,16-10-. The van der Waals surface area contributed by atoms with Gasteiger partial charge in [0.05, 0.1) is 0 Å². The van der Waals surface area contributed by atoms with Crippen LogP contribution in [0.2, 0.25) is 0 Å². The second-order valence-corrected chi connectivity index (χ2v) is 6.35. The summed E-state index contributed by atoms with van der Waals surface area (Å²) in [6.07, 6.45) is 4.23. The molecule has 29 heavy (non-hydrogen) atoms. The third-order valence-corrected chi connectivity index (χ3v) is 4.30. The van der Waals surface area contributed by atoms with E-state index in [9.17, 15) is 24.6 Å². The molecular formula is C21H29N3O5. The van der Waals surface area contributed by atoms with Crippen LogP contribution < -0.4 is 16.4 Å². The average Bonchev–Trinajstić information content (AvgIpc) is 2.70. The number of rotatable bonds is 11. The zero-order valence-corrected chi connectivity index (χ0v) is 16.8. The van der Waals surface area contributed by atoms with Crippen LogP contribution in [0.15, 0.2) is 47.6 Å². The second kappa shape index (κ2) is 12.4. The average molecular weight is 403 g/mol. The number of aliphatic carboxylic acids is 1. The van der Waals surface area contributed by atoms with Crippen LogP contribution in [0, 0.1) is 0 Å². The minimum atomic E-state index is -1.16. The van der Waals surface area contributed by atoms with E-state index < -0.39 is 17.9 Å². The third-order valence-electron chi connectivity index (χ3n) is 4.30. The summed E-state index contributed by atoms with van der Waals surface area (Å²) in [6, 6.07) is 5.00. The number of nitrogens with two attached hydrogens (primary N) is 1. The van der Waals surface area contributed by atoms with E-state index in [1.807, 2.05) is 6.92 Å². The highest BCUT2D eigenvalue weighted by Crippen LogP contribution is 2.12. The first kappa shape index (κ1) is 23.9. The monoisotopic (exact) mass is 403 g/mol. The Balaban J connectivity index is 2.74. The van der Waals surface area contributed by atoms with Crippen LogP contribution in [0.3, 0.4) is 0 Å². The quantitative estimate of drug-likeness (QED) is 0.352. The lowest BCUT2D eigenvalue weighted by Gasteiger charge is -2.16. The maximum absolute atomic E-state index is 12.5. The molecule has 0 radical (unpaired) electrons. The molecule has 8 nitrogen and oxygen atoms in total. The van der Waals surface area contributed by atoms with Crippen molar-refractivity contribution in [3.63, 3.8) is 0 Å². The van der Waals surface area contributed by atoms with Gasteiger partial charge in [0, 0.05) is 30.7 Å². The molecule has 1 rings (SSSR count). The van der Waals surface area contributed by atoms with Gasteiger partial charge in [0.15, 0.2) is 0 Å². The number of carbonyl (C=O) groups excluding carboxylic acids is 2. The summed E-state index contributed by atoms with van der Waals surface area (Å²) in [5, 5.41) is 24.0. The van der Waals surface area contributed by atoms with Gasteiger partial charge in [-0.3, -0.25) is 9.59 Å². The van der Waals surface area contributed by atoms with Crippen molar-refractivity contribution in [2.75, 3.05) is 13.1 Å². The molecule has 1 unspecified atom stereocenters. The molecule has 0 saturated heterocycles. The zero-order valence-electron chi connectivity index (χ0n) is 16.8. The highest BCUT2D eigenvalue weighted by molar-refractivity contribution is 5.96. The Hall–Kier alpha value is -3.13. The van der Waals surface area contributed by atoms with Gasteiger partial charge in [-0.15, -0.1) is 0 Å². The van der Waals surface area contributed by atoms with E-state index in [1.54, 1.807) is 31.2 Å². The number of phenols is 1. The predicted octanol–water partition coefficient (Wildman–Crippen LogP) is 1.25. The number of carboxylic acids is 1. The summed E-state index contributed by atoms with van der Waals surface area (Å²) >= 11 is 0. The Morgan fingerprint density at radius 1 is 1.03 bits per heavy atom. The normalized spacial score (nSPS) is 12.9. The van der Waals surface area contributed by atoms with E-state index in [1.165, 1.54) is 12.1 Å². The molecule has 0 fully saturated rings. The van der Waals surface area contributed by atoms with E-state index in [0.717, 1.165) is 0 Å². The van der Waals surface area contributed by atoms with E-state index >= 15 is 0 Å². The van der Waals surface area contributed by atoms with Gasteiger partial charge in [0.1, 0.15) is 11.8 Å². The van der Waals surface area contributed by atoms with Crippen molar-refractivity contribution < 1.29 is 24.6 Å². The first-order valence-electron chi connectivity index (χ1n) is 9.50. The number of aromatic hydroxyl groups is 1. The molecule has 0 spiro atoms. The number of amides is 2. The van der Waals surface area contributed by atoms with Crippen LogP contribution >= 0.6 is 0 Å². The van der Waals surface area contributed by atoms with Crippen LogP contribution in [0.4, 0.5) is 0 Å². The maximum Gasteiger partial charge on any atom is 0.326 e. The van der Waals surface area contributed by atoms with E-state index in [-0.39, 0.29) is 31.2 Å². The van der Waals surface area contributed by atoms with Gasteiger partial charge < -0.3 is 26.6 Å². The molecule has 0 heterocycles. The minimum absolute atomic E-state index is 0.0791. The largest absolute Gasteiger partial charge is 0.508 e. The fourth-order valence-corrected chi connectivity index (χ4v) is 2.64. The van der Waals surface area contributed by atoms with Gasteiger partial charge in [-0.2, -0.15) is 0 Å². The molecule has 0 aliphatic heterocycles. The van der Waals surface area contributed by atoms with Crippen molar-refractivity contribution in [1.29, 1.82) is 0 Å². The second-order valence-electron chi connectivity index (χ2n) is 6.35. The van der Waals surface area contributed by atoms with Gasteiger partial charge in [-0.25, -0.2) is 4.79 Å². The van der Waals surface area contributed by atoms with Crippen LogP contribution in [0.5, 0.6) is 5.75 Å². The summed E-state index contributed by atoms with van der Waals surface area (Å²) in [7, 11) is 0.